The van der Waals surface area contributed by atoms with Gasteiger partial charge in [-0.25, -0.2) is 4.39 Å². The molecule has 1 heterocycles. The average Bonchev–Trinajstić information content (AvgIpc) is 3.01. The van der Waals surface area contributed by atoms with E-state index in [9.17, 15) is 14.0 Å². The van der Waals surface area contributed by atoms with Crippen molar-refractivity contribution in [2.75, 3.05) is 5.32 Å². The largest absolute Gasteiger partial charge is 0.352 e. The van der Waals surface area contributed by atoms with Gasteiger partial charge in [-0.2, -0.15) is 5.10 Å². The van der Waals surface area contributed by atoms with E-state index in [0.29, 0.717) is 12.2 Å². The van der Waals surface area contributed by atoms with E-state index in [2.05, 4.69) is 15.7 Å². The average molecular weight is 353 g/mol. The second-order valence-electron chi connectivity index (χ2n) is 5.37. The zero-order valence-electron chi connectivity index (χ0n) is 13.1. The number of hydrogen-bond acceptors (Lipinski definition) is 3. The minimum Gasteiger partial charge on any atom is -0.352 e. The summed E-state index contributed by atoms with van der Waals surface area (Å²) in [5.74, 6) is -1.12. The molecule has 2 rings (SSSR count). The fraction of sp³-hybridized carbons (Fsp3) is 0.312. The molecule has 8 heteroatoms. The van der Waals surface area contributed by atoms with Crippen molar-refractivity contribution in [1.82, 2.24) is 15.1 Å². The van der Waals surface area contributed by atoms with Gasteiger partial charge in [0.15, 0.2) is 0 Å². The van der Waals surface area contributed by atoms with Crippen LogP contribution >= 0.6 is 11.6 Å². The number of anilines is 1. The number of hydrogen-bond donors (Lipinski definition) is 2. The summed E-state index contributed by atoms with van der Waals surface area (Å²) in [7, 11) is 0. The monoisotopic (exact) mass is 352 g/mol. The molecule has 0 saturated carbocycles. The van der Waals surface area contributed by atoms with Crippen molar-refractivity contribution in [3.8, 4) is 0 Å². The summed E-state index contributed by atoms with van der Waals surface area (Å²) >= 11 is 5.64. The van der Waals surface area contributed by atoms with E-state index in [1.165, 1.54) is 18.2 Å². The van der Waals surface area contributed by atoms with Gasteiger partial charge in [0.2, 0.25) is 11.8 Å². The molecule has 0 spiro atoms. The molecule has 2 aromatic rings. The van der Waals surface area contributed by atoms with Crippen LogP contribution in [0.5, 0.6) is 0 Å². The number of carbonyl (C=O) groups excluding carboxylic acids is 2. The van der Waals surface area contributed by atoms with Crippen molar-refractivity contribution in [2.24, 2.45) is 0 Å². The number of aromatic nitrogens is 2. The molecule has 128 valence electrons. The van der Waals surface area contributed by atoms with Crippen molar-refractivity contribution in [2.45, 2.75) is 32.4 Å². The summed E-state index contributed by atoms with van der Waals surface area (Å²) in [6, 6.07) is 5.60. The molecule has 2 amide bonds. The number of amides is 2. The molecule has 6 nitrogen and oxygen atoms in total. The minimum atomic E-state index is -0.555. The molecule has 0 unspecified atom stereocenters. The first-order valence-corrected chi connectivity index (χ1v) is 7.83. The van der Waals surface area contributed by atoms with Gasteiger partial charge < -0.3 is 10.6 Å². The Morgan fingerprint density at radius 2 is 2.08 bits per heavy atom. The van der Waals surface area contributed by atoms with Crippen LogP contribution < -0.4 is 10.6 Å². The lowest BCUT2D eigenvalue weighted by Gasteiger charge is -2.14. The topological polar surface area (TPSA) is 76.0 Å². The molecular formula is C16H18ClFN4O2. The molecule has 24 heavy (non-hydrogen) atoms. The predicted octanol–water partition coefficient (Wildman–Crippen LogP) is 2.60. The smallest absolute Gasteiger partial charge is 0.224 e. The first-order valence-electron chi connectivity index (χ1n) is 7.45. The molecule has 0 saturated heterocycles. The molecule has 0 aliphatic heterocycles. The molecular weight excluding hydrogens is 335 g/mol. The van der Waals surface area contributed by atoms with Crippen molar-refractivity contribution in [3.05, 3.63) is 47.5 Å². The lowest BCUT2D eigenvalue weighted by Crippen LogP contribution is -2.36. The highest BCUT2D eigenvalue weighted by molar-refractivity contribution is 6.31. The second-order valence-corrected chi connectivity index (χ2v) is 5.78. The van der Waals surface area contributed by atoms with Crippen LogP contribution in [0.25, 0.3) is 0 Å². The van der Waals surface area contributed by atoms with Crippen LogP contribution in [-0.2, 0) is 16.1 Å². The fourth-order valence-corrected chi connectivity index (χ4v) is 2.29. The van der Waals surface area contributed by atoms with Gasteiger partial charge in [0.1, 0.15) is 5.82 Å². The van der Waals surface area contributed by atoms with Crippen LogP contribution in [0.4, 0.5) is 10.1 Å². The summed E-state index contributed by atoms with van der Waals surface area (Å²) in [6.45, 7) is 2.42. The van der Waals surface area contributed by atoms with Crippen molar-refractivity contribution in [1.29, 1.82) is 0 Å². The van der Waals surface area contributed by atoms with Crippen molar-refractivity contribution < 1.29 is 14.0 Å². The number of rotatable bonds is 7. The number of benzene rings is 1. The van der Waals surface area contributed by atoms with Crippen LogP contribution in [-0.4, -0.2) is 27.6 Å². The van der Waals surface area contributed by atoms with E-state index in [1.807, 2.05) is 13.1 Å². The predicted molar refractivity (Wildman–Crippen MR) is 89.1 cm³/mol. The van der Waals surface area contributed by atoms with Crippen LogP contribution in [0.1, 0.15) is 19.8 Å². The van der Waals surface area contributed by atoms with E-state index in [4.69, 9.17) is 11.6 Å². The maximum atomic E-state index is 13.0. The van der Waals surface area contributed by atoms with Gasteiger partial charge in [-0.15, -0.1) is 0 Å². The van der Waals surface area contributed by atoms with E-state index in [0.717, 1.165) is 0 Å². The van der Waals surface area contributed by atoms with Gasteiger partial charge >= 0.3 is 0 Å². The van der Waals surface area contributed by atoms with E-state index < -0.39 is 5.82 Å². The molecule has 1 aromatic heterocycles. The molecule has 1 aromatic carbocycles. The Morgan fingerprint density at radius 3 is 2.75 bits per heavy atom. The summed E-state index contributed by atoms with van der Waals surface area (Å²) in [4.78, 5) is 23.7. The maximum Gasteiger partial charge on any atom is 0.224 e. The van der Waals surface area contributed by atoms with Gasteiger partial charge in [0.25, 0.3) is 0 Å². The normalized spacial score (nSPS) is 11.8. The summed E-state index contributed by atoms with van der Waals surface area (Å²) in [5.41, 5.74) is 0.388. The third kappa shape index (κ3) is 5.66. The zero-order chi connectivity index (χ0) is 17.5. The standard InChI is InChI=1S/C16H18ClFN4O2/c1-11(10-22-8-2-7-19-22)20-15(23)5-6-16(24)21-12-3-4-14(18)13(17)9-12/h2-4,7-9,11H,5-6,10H2,1H3,(H,20,23)(H,21,24)/t11-/m1/s1. The Bertz CT molecular complexity index is 706. The highest BCUT2D eigenvalue weighted by atomic mass is 35.5. The van der Waals surface area contributed by atoms with Crippen LogP contribution in [0.15, 0.2) is 36.7 Å². The summed E-state index contributed by atoms with van der Waals surface area (Å²) in [6.07, 6.45) is 3.56. The van der Waals surface area contributed by atoms with Crippen LogP contribution in [0, 0.1) is 5.82 Å². The minimum absolute atomic E-state index is 0.0231. The van der Waals surface area contributed by atoms with Gasteiger partial charge in [-0.1, -0.05) is 11.6 Å². The third-order valence-electron chi connectivity index (χ3n) is 3.21. The molecule has 0 bridgehead atoms. The molecule has 2 N–H and O–H groups in total. The Balaban J connectivity index is 1.72. The second kappa shape index (κ2) is 8.44. The van der Waals surface area contributed by atoms with Gasteiger partial charge in [0.05, 0.1) is 11.6 Å². The molecule has 0 fully saturated rings. The van der Waals surface area contributed by atoms with Gasteiger partial charge in [-0.05, 0) is 31.2 Å². The van der Waals surface area contributed by atoms with E-state index in [1.54, 1.807) is 16.9 Å². The zero-order valence-corrected chi connectivity index (χ0v) is 13.9. The first kappa shape index (κ1) is 17.9. The first-order chi connectivity index (χ1) is 11.4. The Kier molecular flexibility index (Phi) is 6.31. The van der Waals surface area contributed by atoms with Crippen LogP contribution in [0.2, 0.25) is 5.02 Å². The molecule has 1 atom stereocenters. The summed E-state index contributed by atoms with van der Waals surface area (Å²) in [5, 5.41) is 9.36. The van der Waals surface area contributed by atoms with Gasteiger partial charge in [-0.3, -0.25) is 14.3 Å². The number of nitrogens with zero attached hydrogens (tertiary/aromatic N) is 2. The molecule has 0 aliphatic rings. The summed E-state index contributed by atoms with van der Waals surface area (Å²) < 4.78 is 14.8. The Hall–Kier alpha value is -2.41. The van der Waals surface area contributed by atoms with Crippen LogP contribution in [0.3, 0.4) is 0 Å². The molecule has 0 aliphatic carbocycles. The van der Waals surface area contributed by atoms with E-state index in [-0.39, 0.29) is 35.7 Å². The van der Waals surface area contributed by atoms with E-state index >= 15 is 0 Å². The number of halogens is 2. The number of nitrogens with one attached hydrogen (secondary N) is 2. The maximum absolute atomic E-state index is 13.0. The lowest BCUT2D eigenvalue weighted by molar-refractivity contribution is -0.124. The fourth-order valence-electron chi connectivity index (χ4n) is 2.11. The highest BCUT2D eigenvalue weighted by Crippen LogP contribution is 2.19. The highest BCUT2D eigenvalue weighted by Gasteiger charge is 2.11. The Labute approximate surface area is 144 Å². The van der Waals surface area contributed by atoms with Crippen molar-refractivity contribution in [3.63, 3.8) is 0 Å². The van der Waals surface area contributed by atoms with Crippen molar-refractivity contribution >= 4 is 29.1 Å². The SMILES string of the molecule is C[C@H](Cn1cccn1)NC(=O)CCC(=O)Nc1ccc(F)c(Cl)c1. The molecule has 0 radical (unpaired) electrons. The lowest BCUT2D eigenvalue weighted by atomic mass is 10.2. The quantitative estimate of drug-likeness (QED) is 0.804. The number of carbonyl (C=O) groups is 2. The third-order valence-corrected chi connectivity index (χ3v) is 3.50. The Morgan fingerprint density at radius 1 is 1.33 bits per heavy atom. The van der Waals surface area contributed by atoms with Gasteiger partial charge in [0, 0.05) is 37.0 Å².